The molecule has 2 amide bonds. The van der Waals surface area contributed by atoms with Gasteiger partial charge in [-0.2, -0.15) is 45.3 Å². The van der Waals surface area contributed by atoms with Crippen LogP contribution in [-0.2, 0) is 62.3 Å². The van der Waals surface area contributed by atoms with Gasteiger partial charge in [0.25, 0.3) is 17.2 Å². The van der Waals surface area contributed by atoms with E-state index < -0.39 is 156 Å². The number of benzene rings is 2. The third-order valence-electron chi connectivity index (χ3n) is 12.2. The smallest absolute Gasteiger partial charge is 0.370 e. The normalized spacial score (nSPS) is 16.9. The molecule has 2 aliphatic carbocycles. The molecule has 3 aromatic heterocycles. The van der Waals surface area contributed by atoms with Crippen LogP contribution in [0.5, 0.6) is 0 Å². The highest BCUT2D eigenvalue weighted by Crippen LogP contribution is 2.68. The Morgan fingerprint density at radius 3 is 2.28 bits per heavy atom. The molecule has 1 fully saturated rings. The van der Waals surface area contributed by atoms with Gasteiger partial charge >= 0.3 is 12.4 Å². The molecule has 0 saturated heterocycles. The second-order valence-electron chi connectivity index (χ2n) is 17.9. The van der Waals surface area contributed by atoms with Crippen molar-refractivity contribution in [2.24, 2.45) is 22.4 Å². The largest absolute Gasteiger partial charge is 0.435 e. The van der Waals surface area contributed by atoms with E-state index in [2.05, 4.69) is 37.3 Å². The number of pyridine rings is 1. The Morgan fingerprint density at radius 1 is 1.04 bits per heavy atom. The molecule has 2 unspecified atom stereocenters. The lowest BCUT2D eigenvalue weighted by Crippen LogP contribution is -2.40. The Hall–Kier alpha value is -6.51. The number of amides is 2. The van der Waals surface area contributed by atoms with Crippen LogP contribution < -0.4 is 21.1 Å². The second kappa shape index (κ2) is 20.0. The summed E-state index contributed by atoms with van der Waals surface area (Å²) >= 11 is 3.45. The van der Waals surface area contributed by atoms with Crippen molar-refractivity contribution in [3.8, 4) is 23.0 Å². The molecule has 6 N–H and O–H groups in total. The van der Waals surface area contributed by atoms with Gasteiger partial charge in [-0.05, 0) is 74.4 Å². The molecule has 2 aliphatic rings. The molecule has 4 atom stereocenters. The van der Waals surface area contributed by atoms with Crippen LogP contribution >= 0.6 is 11.6 Å². The number of nitrogens with zero attached hydrogens (tertiary/aromatic N) is 8. The van der Waals surface area contributed by atoms with Crippen molar-refractivity contribution in [3.05, 3.63) is 93.0 Å². The fourth-order valence-corrected chi connectivity index (χ4v) is 9.30. The molecular weight excluding hydrogens is 1070 g/mol. The molecule has 0 radical (unpaired) electrons. The van der Waals surface area contributed by atoms with Crippen molar-refractivity contribution < 1.29 is 70.7 Å². The quantitative estimate of drug-likeness (QED) is 0.0296. The number of nitrogens with one attached hydrogen (secondary N) is 1. The molecule has 30 heteroatoms. The van der Waals surface area contributed by atoms with E-state index in [-0.39, 0.29) is 52.5 Å². The van der Waals surface area contributed by atoms with Gasteiger partial charge in [-0.25, -0.2) is 30.7 Å². The first kappa shape index (κ1) is 55.2. The number of halogens is 11. The molecule has 74 heavy (non-hydrogen) atoms. The average molecular weight is 1110 g/mol. The highest BCUT2D eigenvalue weighted by molar-refractivity contribution is 7.92. The number of rotatable bonds is 16. The number of alkyl halides is 8. The number of carbonyl (C=O) groups is 2. The van der Waals surface area contributed by atoms with E-state index in [4.69, 9.17) is 23.1 Å². The van der Waals surface area contributed by atoms with Gasteiger partial charge in [-0.3, -0.25) is 28.5 Å². The molecule has 5 aromatic rings. The highest BCUT2D eigenvalue weighted by Gasteiger charge is 2.68. The average Bonchev–Trinajstić information content (AvgIpc) is 3.77. The van der Waals surface area contributed by atoms with Gasteiger partial charge in [0.15, 0.2) is 27.3 Å². The number of aliphatic imine (C=N–C) groups is 1. The number of sulfone groups is 1. The van der Waals surface area contributed by atoms with Crippen molar-refractivity contribution in [2.75, 3.05) is 37.2 Å². The minimum Gasteiger partial charge on any atom is -0.370 e. The lowest BCUT2D eigenvalue weighted by atomic mass is 9.93. The number of hydrogen-bond donors (Lipinski definition) is 4. The van der Waals surface area contributed by atoms with E-state index in [0.29, 0.717) is 15.1 Å². The number of carbonyl (C=O) groups excluding carboxylic acids is 2. The summed E-state index contributed by atoms with van der Waals surface area (Å²) in [5.74, 6) is -6.93. The molecule has 3 heterocycles. The Morgan fingerprint density at radius 2 is 1.69 bits per heavy atom. The zero-order chi connectivity index (χ0) is 54.8. The minimum atomic E-state index is -5.22. The lowest BCUT2D eigenvalue weighted by molar-refractivity contribution is -0.143. The van der Waals surface area contributed by atoms with Crippen molar-refractivity contribution in [1.82, 2.24) is 34.8 Å². The molecular formula is C44H42ClF10N11O6S2. The van der Waals surface area contributed by atoms with Crippen LogP contribution in [0.15, 0.2) is 47.5 Å². The molecule has 1 saturated carbocycles. The van der Waals surface area contributed by atoms with Gasteiger partial charge in [0.2, 0.25) is 11.8 Å². The van der Waals surface area contributed by atoms with Gasteiger partial charge in [0, 0.05) is 48.5 Å². The minimum absolute atomic E-state index is 0.113. The predicted octanol–water partition coefficient (Wildman–Crippen LogP) is 5.97. The van der Waals surface area contributed by atoms with E-state index in [9.17, 15) is 61.9 Å². The van der Waals surface area contributed by atoms with Crippen LogP contribution in [0.3, 0.4) is 0 Å². The van der Waals surface area contributed by atoms with Crippen LogP contribution in [-0.4, -0.2) is 108 Å². The molecule has 0 spiro atoms. The zero-order valence-corrected chi connectivity index (χ0v) is 41.3. The summed E-state index contributed by atoms with van der Waals surface area (Å²) < 4.78 is 195. The number of fused-ring (bicyclic) bond motifs is 4. The van der Waals surface area contributed by atoms with Crippen LogP contribution in [0.2, 0.25) is 5.02 Å². The van der Waals surface area contributed by atoms with Crippen molar-refractivity contribution >= 4 is 67.2 Å². The third-order valence-corrected chi connectivity index (χ3v) is 15.1. The number of hydrogen-bond acceptors (Lipinski definition) is 9. The molecule has 0 aliphatic heterocycles. The first-order chi connectivity index (χ1) is 34.2. The zero-order valence-electron chi connectivity index (χ0n) is 38.9. The number of aromatic nitrogens is 5. The maximum atomic E-state index is 15.6. The van der Waals surface area contributed by atoms with Crippen LogP contribution in [0.1, 0.15) is 66.1 Å². The van der Waals surface area contributed by atoms with Gasteiger partial charge in [0.1, 0.15) is 47.4 Å². The SMILES string of the molecule is CN(CCN=C(N)N)C(=O)CN(c1nn(CC(F)(F)F)c2c(-c3ccc(C#CC(C)(C)S(C)(=O)=O)nc3C(Cc3cc(F)cc(F)c3)NC(=O)Cn3nc(C(F)(F)F)c4c3C(F)(F)[C@@H]3C[C@H]43)ccc(Cl)c12)S(=O)O. The molecule has 0 bridgehead atoms. The summed E-state index contributed by atoms with van der Waals surface area (Å²) in [7, 11) is -2.63. The number of likely N-dealkylation sites (N-methyl/N-ethyl adjacent to an activating group) is 1. The first-order valence-electron chi connectivity index (χ1n) is 21.7. The summed E-state index contributed by atoms with van der Waals surface area (Å²) in [5, 5.41) is 8.99. The Balaban J connectivity index is 1.45. The van der Waals surface area contributed by atoms with Crippen molar-refractivity contribution in [1.29, 1.82) is 0 Å². The first-order valence-corrected chi connectivity index (χ1v) is 25.0. The number of anilines is 1. The van der Waals surface area contributed by atoms with E-state index in [1.54, 1.807) is 0 Å². The monoisotopic (exact) mass is 1110 g/mol. The fraction of sp³-hybridized carbons (Fsp3) is 0.409. The standard InChI is InChI=1S/C44H42ClF10N11O6S2/c1-41(2,74(4,71)72)10-9-24-5-6-25(26-7-8-29(45)34-36(26)65(20-42(48,49)50)62-39(34)66(73(69)70)19-32(68)63(3)12-11-58-40(56)57)35(59-24)30(15-21-13-22(46)16-23(47)14-21)60-31(67)18-64-38-33(37(61-64)44(53,54)55)27-17-28(27)43(38,51)52/h5-8,13-14,16,27-28,30H,11-12,15,17-20H2,1-4H3,(H,60,67)(H,69,70)(H4,56,57,58)/t27-,28+,30?/m0/s1. The number of guanidine groups is 1. The maximum Gasteiger partial charge on any atom is 0.435 e. The van der Waals surface area contributed by atoms with E-state index >= 15 is 8.78 Å². The van der Waals surface area contributed by atoms with E-state index in [0.717, 1.165) is 35.4 Å². The summed E-state index contributed by atoms with van der Waals surface area (Å²) in [6, 6.07) is 4.96. The lowest BCUT2D eigenvalue weighted by Gasteiger charge is -2.23. The molecule has 398 valence electrons. The van der Waals surface area contributed by atoms with Gasteiger partial charge < -0.3 is 21.7 Å². The van der Waals surface area contributed by atoms with Crippen molar-refractivity contribution in [3.63, 3.8) is 0 Å². The predicted molar refractivity (Wildman–Crippen MR) is 249 cm³/mol. The summed E-state index contributed by atoms with van der Waals surface area (Å²) in [6.07, 6.45) is -10.4. The topological polar surface area (TPSA) is 237 Å². The third kappa shape index (κ3) is 11.6. The summed E-state index contributed by atoms with van der Waals surface area (Å²) in [4.78, 5) is 36.9. The van der Waals surface area contributed by atoms with Crippen LogP contribution in [0.4, 0.5) is 49.7 Å². The second-order valence-corrected chi connectivity index (χ2v) is 21.8. The fourth-order valence-electron chi connectivity index (χ4n) is 8.33. The van der Waals surface area contributed by atoms with Crippen molar-refractivity contribution in [2.45, 2.75) is 74.8 Å². The molecule has 2 aromatic carbocycles. The van der Waals surface area contributed by atoms with E-state index in [1.165, 1.54) is 33.0 Å². The van der Waals surface area contributed by atoms with Gasteiger partial charge in [-0.1, -0.05) is 23.6 Å². The van der Waals surface area contributed by atoms with E-state index in [1.807, 2.05) is 0 Å². The van der Waals surface area contributed by atoms with Crippen LogP contribution in [0, 0.1) is 29.4 Å². The molecule has 7 rings (SSSR count). The maximum absolute atomic E-state index is 15.6. The van der Waals surface area contributed by atoms with Crippen LogP contribution in [0.25, 0.3) is 22.0 Å². The van der Waals surface area contributed by atoms with Gasteiger partial charge in [0.05, 0.1) is 34.2 Å². The summed E-state index contributed by atoms with van der Waals surface area (Å²) in [6.45, 7) is -1.98. The van der Waals surface area contributed by atoms with Gasteiger partial charge in [-0.15, -0.1) is 0 Å². The Labute approximate surface area is 421 Å². The Kier molecular flexibility index (Phi) is 14.9. The number of nitrogens with two attached hydrogens (primary N) is 2. The molecule has 17 nitrogen and oxygen atoms in total. The summed E-state index contributed by atoms with van der Waals surface area (Å²) in [5.41, 5.74) is 5.03. The highest BCUT2D eigenvalue weighted by atomic mass is 35.5. The Bertz CT molecular complexity index is 3290.